The summed E-state index contributed by atoms with van der Waals surface area (Å²) in [5.74, 6) is -0.610. The van der Waals surface area contributed by atoms with Crippen molar-refractivity contribution in [2.75, 3.05) is 11.8 Å². The molecule has 0 aromatic heterocycles. The first-order valence-electron chi connectivity index (χ1n) is 7.21. The van der Waals surface area contributed by atoms with E-state index < -0.39 is 16.0 Å². The highest BCUT2D eigenvalue weighted by molar-refractivity contribution is 7.91. The van der Waals surface area contributed by atoms with Crippen LogP contribution in [0.3, 0.4) is 0 Å². The molecule has 0 saturated heterocycles. The van der Waals surface area contributed by atoms with E-state index in [2.05, 4.69) is 9.46 Å². The van der Waals surface area contributed by atoms with Crippen LogP contribution in [0.25, 0.3) is 0 Å². The van der Waals surface area contributed by atoms with Crippen LogP contribution in [-0.4, -0.2) is 21.5 Å². The molecular formula is C17H19NO4S. The molecule has 0 spiro atoms. The molecule has 2 aromatic carbocycles. The molecule has 0 bridgehead atoms. The SMILES string of the molecule is CCc1ccccc1NS(=O)(=O)Cc1ccc(C(=O)OC)cc1. The number of carbonyl (C=O) groups excluding carboxylic acids is 1. The highest BCUT2D eigenvalue weighted by atomic mass is 32.2. The number of rotatable bonds is 6. The average Bonchev–Trinajstić information content (AvgIpc) is 2.54. The summed E-state index contributed by atoms with van der Waals surface area (Å²) >= 11 is 0. The number of hydrogen-bond donors (Lipinski definition) is 1. The maximum atomic E-state index is 12.3. The molecule has 1 N–H and O–H groups in total. The van der Waals surface area contributed by atoms with E-state index in [1.165, 1.54) is 7.11 Å². The lowest BCUT2D eigenvalue weighted by Crippen LogP contribution is -2.16. The second kappa shape index (κ2) is 7.28. The van der Waals surface area contributed by atoms with Crippen LogP contribution in [-0.2, 0) is 26.9 Å². The second-order valence-corrected chi connectivity index (χ2v) is 6.78. The fourth-order valence-corrected chi connectivity index (χ4v) is 3.44. The van der Waals surface area contributed by atoms with Crippen molar-refractivity contribution in [3.05, 3.63) is 65.2 Å². The van der Waals surface area contributed by atoms with Crippen LogP contribution < -0.4 is 4.72 Å². The van der Waals surface area contributed by atoms with Crippen molar-refractivity contribution >= 4 is 21.7 Å². The fourth-order valence-electron chi connectivity index (χ4n) is 2.21. The smallest absolute Gasteiger partial charge is 0.337 e. The van der Waals surface area contributed by atoms with Gasteiger partial charge in [0.05, 0.1) is 24.1 Å². The van der Waals surface area contributed by atoms with Crippen molar-refractivity contribution in [2.24, 2.45) is 0 Å². The summed E-state index contributed by atoms with van der Waals surface area (Å²) < 4.78 is 31.8. The standard InChI is InChI=1S/C17H19NO4S/c1-3-14-6-4-5-7-16(14)18-23(20,21)12-13-8-10-15(11-9-13)17(19)22-2/h4-11,18H,3,12H2,1-2H3. The molecule has 6 heteroatoms. The first-order valence-corrected chi connectivity index (χ1v) is 8.86. The largest absolute Gasteiger partial charge is 0.465 e. The summed E-state index contributed by atoms with van der Waals surface area (Å²) in [5, 5.41) is 0. The Labute approximate surface area is 136 Å². The molecule has 23 heavy (non-hydrogen) atoms. The Morgan fingerprint density at radius 1 is 1.09 bits per heavy atom. The van der Waals surface area contributed by atoms with Crippen LogP contribution in [0.15, 0.2) is 48.5 Å². The summed E-state index contributed by atoms with van der Waals surface area (Å²) in [7, 11) is -2.22. The first kappa shape index (κ1) is 17.0. The van der Waals surface area contributed by atoms with E-state index in [-0.39, 0.29) is 5.75 Å². The summed E-state index contributed by atoms with van der Waals surface area (Å²) in [6, 6.07) is 13.6. The van der Waals surface area contributed by atoms with Gasteiger partial charge in [-0.15, -0.1) is 0 Å². The molecule has 0 amide bonds. The zero-order valence-electron chi connectivity index (χ0n) is 13.1. The maximum Gasteiger partial charge on any atom is 0.337 e. The van der Waals surface area contributed by atoms with E-state index in [1.54, 1.807) is 36.4 Å². The normalized spacial score (nSPS) is 11.0. The third kappa shape index (κ3) is 4.56. The van der Waals surface area contributed by atoms with Gasteiger partial charge in [0.1, 0.15) is 0 Å². The van der Waals surface area contributed by atoms with Crippen LogP contribution in [0, 0.1) is 0 Å². The van der Waals surface area contributed by atoms with Crippen LogP contribution in [0.1, 0.15) is 28.4 Å². The van der Waals surface area contributed by atoms with E-state index >= 15 is 0 Å². The van der Waals surface area contributed by atoms with Gasteiger partial charge in [-0.3, -0.25) is 4.72 Å². The summed E-state index contributed by atoms with van der Waals surface area (Å²) in [4.78, 5) is 11.4. The summed E-state index contributed by atoms with van der Waals surface area (Å²) in [5.41, 5.74) is 2.52. The van der Waals surface area contributed by atoms with Gasteiger partial charge in [0.2, 0.25) is 10.0 Å². The fraction of sp³-hybridized carbons (Fsp3) is 0.235. The van der Waals surface area contributed by atoms with Crippen molar-refractivity contribution in [1.82, 2.24) is 0 Å². The molecular weight excluding hydrogens is 314 g/mol. The third-order valence-corrected chi connectivity index (χ3v) is 4.64. The van der Waals surface area contributed by atoms with E-state index in [0.717, 1.165) is 12.0 Å². The maximum absolute atomic E-state index is 12.3. The van der Waals surface area contributed by atoms with Gasteiger partial charge in [0.15, 0.2) is 0 Å². The minimum atomic E-state index is -3.53. The Morgan fingerprint density at radius 3 is 2.35 bits per heavy atom. The number of sulfonamides is 1. The van der Waals surface area contributed by atoms with E-state index in [9.17, 15) is 13.2 Å². The average molecular weight is 333 g/mol. The third-order valence-electron chi connectivity index (χ3n) is 3.40. The van der Waals surface area contributed by atoms with Crippen LogP contribution in [0.2, 0.25) is 0 Å². The molecule has 2 aromatic rings. The van der Waals surface area contributed by atoms with Gasteiger partial charge >= 0.3 is 5.97 Å². The van der Waals surface area contributed by atoms with E-state index in [0.29, 0.717) is 16.8 Å². The quantitative estimate of drug-likeness (QED) is 0.825. The molecule has 0 heterocycles. The molecule has 5 nitrogen and oxygen atoms in total. The van der Waals surface area contributed by atoms with Crippen LogP contribution >= 0.6 is 0 Å². The first-order chi connectivity index (χ1) is 10.9. The number of benzene rings is 2. The molecule has 0 aliphatic heterocycles. The number of nitrogens with one attached hydrogen (secondary N) is 1. The number of para-hydroxylation sites is 1. The number of hydrogen-bond acceptors (Lipinski definition) is 4. The Morgan fingerprint density at radius 2 is 1.74 bits per heavy atom. The molecule has 0 atom stereocenters. The second-order valence-electron chi connectivity index (χ2n) is 5.06. The van der Waals surface area contributed by atoms with Crippen molar-refractivity contribution in [3.8, 4) is 0 Å². The molecule has 0 radical (unpaired) electrons. The summed E-state index contributed by atoms with van der Waals surface area (Å²) in [6.07, 6.45) is 0.743. The Bertz CT molecular complexity index is 782. The number of ether oxygens (including phenoxy) is 1. The predicted molar refractivity (Wildman–Crippen MR) is 89.8 cm³/mol. The lowest BCUT2D eigenvalue weighted by molar-refractivity contribution is 0.0600. The predicted octanol–water partition coefficient (Wildman–Crippen LogP) is 2.98. The number of anilines is 1. The number of carbonyl (C=O) groups is 1. The number of methoxy groups -OCH3 is 1. The van der Waals surface area contributed by atoms with Gasteiger partial charge in [0.25, 0.3) is 0 Å². The molecule has 0 unspecified atom stereocenters. The van der Waals surface area contributed by atoms with Gasteiger partial charge in [-0.05, 0) is 35.7 Å². The van der Waals surface area contributed by atoms with Gasteiger partial charge in [-0.2, -0.15) is 0 Å². The highest BCUT2D eigenvalue weighted by Crippen LogP contribution is 2.18. The lowest BCUT2D eigenvalue weighted by Gasteiger charge is -2.11. The molecule has 122 valence electrons. The zero-order valence-corrected chi connectivity index (χ0v) is 13.9. The lowest BCUT2D eigenvalue weighted by atomic mass is 10.1. The Hall–Kier alpha value is -2.34. The topological polar surface area (TPSA) is 72.5 Å². The minimum absolute atomic E-state index is 0.160. The zero-order chi connectivity index (χ0) is 16.9. The van der Waals surface area contributed by atoms with E-state index in [4.69, 9.17) is 0 Å². The van der Waals surface area contributed by atoms with Crippen molar-refractivity contribution in [3.63, 3.8) is 0 Å². The van der Waals surface area contributed by atoms with Crippen LogP contribution in [0.5, 0.6) is 0 Å². The van der Waals surface area contributed by atoms with Crippen molar-refractivity contribution in [1.29, 1.82) is 0 Å². The molecule has 0 fully saturated rings. The van der Waals surface area contributed by atoms with Gasteiger partial charge in [-0.1, -0.05) is 37.3 Å². The van der Waals surface area contributed by atoms with E-state index in [1.807, 2.05) is 19.1 Å². The molecule has 2 rings (SSSR count). The molecule has 0 aliphatic rings. The minimum Gasteiger partial charge on any atom is -0.465 e. The van der Waals surface area contributed by atoms with Crippen molar-refractivity contribution < 1.29 is 17.9 Å². The molecule has 0 saturated carbocycles. The number of esters is 1. The number of aryl methyl sites for hydroxylation is 1. The monoisotopic (exact) mass is 333 g/mol. The molecule has 0 aliphatic carbocycles. The van der Waals surface area contributed by atoms with Crippen LogP contribution in [0.4, 0.5) is 5.69 Å². The Balaban J connectivity index is 2.13. The summed E-state index contributed by atoms with van der Waals surface area (Å²) in [6.45, 7) is 1.97. The van der Waals surface area contributed by atoms with Gasteiger partial charge < -0.3 is 4.74 Å². The van der Waals surface area contributed by atoms with Gasteiger partial charge in [0, 0.05) is 0 Å². The van der Waals surface area contributed by atoms with Gasteiger partial charge in [-0.25, -0.2) is 13.2 Å². The Kier molecular flexibility index (Phi) is 5.39. The van der Waals surface area contributed by atoms with Crippen molar-refractivity contribution in [2.45, 2.75) is 19.1 Å². The highest BCUT2D eigenvalue weighted by Gasteiger charge is 2.14.